The van der Waals surface area contributed by atoms with Crippen LogP contribution < -0.4 is 5.63 Å². The van der Waals surface area contributed by atoms with Crippen LogP contribution in [-0.4, -0.2) is 0 Å². The molecular formula is C20H20O2S2Zr. The molecule has 128 valence electrons. The Bertz CT molecular complexity index is 824. The Kier molecular flexibility index (Phi) is 4.99. The van der Waals surface area contributed by atoms with Crippen LogP contribution in [0, 0.1) is 13.8 Å². The molecule has 2 aliphatic carbocycles. The Balaban J connectivity index is 1.78. The zero-order valence-corrected chi connectivity index (χ0v) is 18.4. The Hall–Kier alpha value is -1.16. The van der Waals surface area contributed by atoms with Crippen LogP contribution in [0.5, 0.6) is 10.1 Å². The zero-order valence-electron chi connectivity index (χ0n) is 14.3. The molecule has 0 fully saturated rings. The van der Waals surface area contributed by atoms with Gasteiger partial charge in [-0.05, 0) is 0 Å². The Morgan fingerprint density at radius 3 is 1.60 bits per heavy atom. The van der Waals surface area contributed by atoms with Gasteiger partial charge in [0.05, 0.1) is 0 Å². The third-order valence-electron chi connectivity index (χ3n) is 4.29. The first-order valence-electron chi connectivity index (χ1n) is 8.36. The van der Waals surface area contributed by atoms with Gasteiger partial charge in [-0.15, -0.1) is 0 Å². The van der Waals surface area contributed by atoms with E-state index in [2.05, 4.69) is 73.2 Å². The van der Waals surface area contributed by atoms with Crippen molar-refractivity contribution < 1.29 is 26.8 Å². The molecule has 2 aromatic rings. The molecule has 0 saturated carbocycles. The number of aryl methyl sites for hydroxylation is 2. The monoisotopic (exact) mass is 446 g/mol. The van der Waals surface area contributed by atoms with E-state index in [1.807, 2.05) is 0 Å². The number of allylic oxidation sites excluding steroid dienone is 8. The van der Waals surface area contributed by atoms with Gasteiger partial charge in [0.2, 0.25) is 0 Å². The van der Waals surface area contributed by atoms with E-state index in [0.29, 0.717) is 0 Å². The summed E-state index contributed by atoms with van der Waals surface area (Å²) in [5.41, 5.74) is 2.48. The van der Waals surface area contributed by atoms with E-state index in [9.17, 15) is 0 Å². The van der Waals surface area contributed by atoms with Crippen molar-refractivity contribution in [3.63, 3.8) is 0 Å². The van der Waals surface area contributed by atoms with E-state index in [0.717, 1.165) is 23.0 Å². The van der Waals surface area contributed by atoms with E-state index in [-0.39, 0.29) is 0 Å². The van der Waals surface area contributed by atoms with Crippen LogP contribution in [0.3, 0.4) is 0 Å². The summed E-state index contributed by atoms with van der Waals surface area (Å²) < 4.78 is 16.3. The molecule has 25 heavy (non-hydrogen) atoms. The Morgan fingerprint density at radius 2 is 1.28 bits per heavy atom. The topological polar surface area (TPSA) is 18.5 Å². The van der Waals surface area contributed by atoms with Crippen molar-refractivity contribution in [3.05, 3.63) is 77.0 Å². The van der Waals surface area contributed by atoms with Crippen LogP contribution >= 0.6 is 22.7 Å². The predicted molar refractivity (Wildman–Crippen MR) is 103 cm³/mol. The molecule has 0 aromatic carbocycles. The minimum absolute atomic E-state index is 0.933. The zero-order chi connectivity index (χ0) is 17.3. The van der Waals surface area contributed by atoms with E-state index < -0.39 is 21.1 Å². The van der Waals surface area contributed by atoms with Crippen molar-refractivity contribution in [2.24, 2.45) is 0 Å². The fraction of sp³-hybridized carbons (Fsp3) is 0.200. The average molecular weight is 448 g/mol. The molecule has 0 saturated heterocycles. The van der Waals surface area contributed by atoms with Crippen molar-refractivity contribution in [1.82, 2.24) is 0 Å². The molecule has 0 aliphatic heterocycles. The first-order chi connectivity index (χ1) is 12.2. The van der Waals surface area contributed by atoms with Crippen LogP contribution in [-0.2, 0) is 21.1 Å². The van der Waals surface area contributed by atoms with Crippen molar-refractivity contribution >= 4 is 22.7 Å². The van der Waals surface area contributed by atoms with Gasteiger partial charge >= 0.3 is 163 Å². The molecule has 0 atom stereocenters. The van der Waals surface area contributed by atoms with Crippen LogP contribution in [0.15, 0.2) is 65.9 Å². The number of hydrogen-bond acceptors (Lipinski definition) is 4. The molecule has 2 aliphatic rings. The summed E-state index contributed by atoms with van der Waals surface area (Å²) in [6.07, 6.45) is 15.0. The number of hydrogen-bond donors (Lipinski definition) is 0. The molecule has 5 heteroatoms. The van der Waals surface area contributed by atoms with Crippen LogP contribution in [0.4, 0.5) is 0 Å². The fourth-order valence-electron chi connectivity index (χ4n) is 3.07. The maximum absolute atomic E-state index is 6.80. The Labute approximate surface area is 162 Å². The standard InChI is InChI=1S/2C5H6OS.2C5H5.Zr/c2*1-4-2-5(6)7-3-4;2*1-2-4-5-3-1;/h2*2-3,6H,1H3;2*1-3H,4H2;/q;;;;+2/p-2. The van der Waals surface area contributed by atoms with Gasteiger partial charge in [-0.25, -0.2) is 0 Å². The van der Waals surface area contributed by atoms with Gasteiger partial charge in [0.25, 0.3) is 0 Å². The van der Waals surface area contributed by atoms with Gasteiger partial charge in [0.15, 0.2) is 0 Å². The third-order valence-corrected chi connectivity index (χ3v) is 15.3. The molecule has 0 radical (unpaired) electrons. The first kappa shape index (κ1) is 17.3. The second-order valence-corrected chi connectivity index (χ2v) is 15.3. The summed E-state index contributed by atoms with van der Waals surface area (Å²) in [5.74, 6) is 0. The van der Waals surface area contributed by atoms with E-state index >= 15 is 0 Å². The second-order valence-electron chi connectivity index (χ2n) is 6.36. The molecular weight excluding hydrogens is 428 g/mol. The van der Waals surface area contributed by atoms with Crippen LogP contribution in [0.2, 0.25) is 0 Å². The summed E-state index contributed by atoms with van der Waals surface area (Å²) in [6, 6.07) is 4.26. The number of thiophene rings is 2. The molecule has 2 aromatic heterocycles. The predicted octanol–water partition coefficient (Wildman–Crippen LogP) is 6.56. The summed E-state index contributed by atoms with van der Waals surface area (Å²) in [6.45, 7) is 4.22. The summed E-state index contributed by atoms with van der Waals surface area (Å²) >= 11 is -0.392. The number of rotatable bonds is 6. The molecule has 0 N–H and O–H groups in total. The molecule has 0 bridgehead atoms. The summed E-state index contributed by atoms with van der Waals surface area (Å²) in [7, 11) is 0. The van der Waals surface area contributed by atoms with Crippen LogP contribution in [0.1, 0.15) is 24.0 Å². The van der Waals surface area contributed by atoms with Gasteiger partial charge in [-0.2, -0.15) is 0 Å². The van der Waals surface area contributed by atoms with Crippen molar-refractivity contribution in [3.8, 4) is 10.1 Å². The van der Waals surface area contributed by atoms with E-state index in [1.54, 1.807) is 22.7 Å². The van der Waals surface area contributed by atoms with Gasteiger partial charge in [0.1, 0.15) is 0 Å². The van der Waals surface area contributed by atoms with Crippen molar-refractivity contribution in [1.29, 1.82) is 0 Å². The van der Waals surface area contributed by atoms with Crippen molar-refractivity contribution in [2.75, 3.05) is 0 Å². The minimum atomic E-state index is -3.73. The fourth-order valence-corrected chi connectivity index (χ4v) is 14.1. The van der Waals surface area contributed by atoms with Gasteiger partial charge < -0.3 is 0 Å². The molecule has 2 heterocycles. The summed E-state index contributed by atoms with van der Waals surface area (Å²) in [5, 5.41) is 6.23. The van der Waals surface area contributed by atoms with E-state index in [1.165, 1.54) is 17.7 Å². The SMILES string of the molecule is Cc1csc([O][Zr]([O]c2cc(C)cs2)([C]2=CC=CC2)[C]2=CC=CC2)c1. The van der Waals surface area contributed by atoms with Crippen LogP contribution in [0.25, 0.3) is 0 Å². The average Bonchev–Trinajstić information content (AvgIpc) is 3.36. The molecule has 0 spiro atoms. The summed E-state index contributed by atoms with van der Waals surface area (Å²) in [4.78, 5) is 0. The Morgan fingerprint density at radius 1 is 0.800 bits per heavy atom. The second kappa shape index (κ2) is 7.22. The van der Waals surface area contributed by atoms with E-state index in [4.69, 9.17) is 5.63 Å². The van der Waals surface area contributed by atoms with Gasteiger partial charge in [-0.3, -0.25) is 0 Å². The third kappa shape index (κ3) is 3.55. The van der Waals surface area contributed by atoms with Crippen molar-refractivity contribution in [2.45, 2.75) is 26.7 Å². The quantitative estimate of drug-likeness (QED) is 0.499. The molecule has 2 nitrogen and oxygen atoms in total. The molecule has 0 amide bonds. The maximum atomic E-state index is 6.80. The first-order valence-corrected chi connectivity index (χ1v) is 14.6. The molecule has 4 rings (SSSR count). The normalized spacial score (nSPS) is 16.2. The molecule has 0 unspecified atom stereocenters. The van der Waals surface area contributed by atoms with Gasteiger partial charge in [0, 0.05) is 0 Å². The van der Waals surface area contributed by atoms with Gasteiger partial charge in [-0.1, -0.05) is 0 Å².